The fourth-order valence-corrected chi connectivity index (χ4v) is 3.87. The first kappa shape index (κ1) is 22.4. The molecule has 0 bridgehead atoms. The standard InChI is InChI=1S/C21H22FN3O5S/c1-31(29,30)24-17-11-7-14(8-12-17)18-13-19(15-5-9-16(22)10-6-15)25(23-18)20(26)3-2-4-21(27)28/h5-12,19,24H,2-4,13H2,1H3,(H,27,28). The first-order chi connectivity index (χ1) is 14.6. The van der Waals surface area contributed by atoms with E-state index in [1.165, 1.54) is 17.1 Å². The second-order valence-corrected chi connectivity index (χ2v) is 9.00. The predicted molar refractivity (Wildman–Crippen MR) is 114 cm³/mol. The Hall–Kier alpha value is -3.27. The molecular weight excluding hydrogens is 425 g/mol. The van der Waals surface area contributed by atoms with Gasteiger partial charge in [-0.2, -0.15) is 5.10 Å². The molecule has 3 rings (SSSR count). The average molecular weight is 447 g/mol. The summed E-state index contributed by atoms with van der Waals surface area (Å²) >= 11 is 0. The summed E-state index contributed by atoms with van der Waals surface area (Å²) in [5, 5.41) is 14.6. The van der Waals surface area contributed by atoms with Crippen molar-refractivity contribution in [2.75, 3.05) is 11.0 Å². The van der Waals surface area contributed by atoms with Gasteiger partial charge in [0.25, 0.3) is 0 Å². The summed E-state index contributed by atoms with van der Waals surface area (Å²) in [4.78, 5) is 23.5. The van der Waals surface area contributed by atoms with Gasteiger partial charge in [0.1, 0.15) is 5.82 Å². The fraction of sp³-hybridized carbons (Fsp3) is 0.286. The van der Waals surface area contributed by atoms with Crippen LogP contribution in [0, 0.1) is 5.82 Å². The maximum absolute atomic E-state index is 13.4. The van der Waals surface area contributed by atoms with E-state index in [4.69, 9.17) is 5.11 Å². The molecule has 0 spiro atoms. The number of nitrogens with one attached hydrogen (secondary N) is 1. The molecule has 2 N–H and O–H groups in total. The highest BCUT2D eigenvalue weighted by Crippen LogP contribution is 2.33. The van der Waals surface area contributed by atoms with Crippen molar-refractivity contribution >= 4 is 33.3 Å². The van der Waals surface area contributed by atoms with E-state index < -0.39 is 27.9 Å². The van der Waals surface area contributed by atoms with Crippen molar-refractivity contribution in [2.45, 2.75) is 31.7 Å². The van der Waals surface area contributed by atoms with E-state index in [0.29, 0.717) is 28.9 Å². The van der Waals surface area contributed by atoms with E-state index >= 15 is 0 Å². The minimum absolute atomic E-state index is 0.0258. The number of hydrogen-bond donors (Lipinski definition) is 2. The number of anilines is 1. The van der Waals surface area contributed by atoms with Gasteiger partial charge in [0.05, 0.1) is 18.0 Å². The molecule has 1 aliphatic heterocycles. The van der Waals surface area contributed by atoms with Gasteiger partial charge >= 0.3 is 5.97 Å². The smallest absolute Gasteiger partial charge is 0.303 e. The normalized spacial score (nSPS) is 16.1. The van der Waals surface area contributed by atoms with Crippen LogP contribution in [0.4, 0.5) is 10.1 Å². The lowest BCUT2D eigenvalue weighted by molar-refractivity contribution is -0.137. The van der Waals surface area contributed by atoms with E-state index in [-0.39, 0.29) is 25.2 Å². The summed E-state index contributed by atoms with van der Waals surface area (Å²) in [6, 6.07) is 12.0. The lowest BCUT2D eigenvalue weighted by Gasteiger charge is -2.22. The van der Waals surface area contributed by atoms with E-state index in [1.54, 1.807) is 36.4 Å². The molecule has 0 aliphatic carbocycles. The van der Waals surface area contributed by atoms with E-state index in [2.05, 4.69) is 9.82 Å². The Labute approximate surface area is 179 Å². The van der Waals surface area contributed by atoms with Crippen LogP contribution in [-0.2, 0) is 19.6 Å². The minimum Gasteiger partial charge on any atom is -0.481 e. The third-order valence-corrected chi connectivity index (χ3v) is 5.33. The number of amides is 1. The third kappa shape index (κ3) is 6.11. The Morgan fingerprint density at radius 2 is 1.77 bits per heavy atom. The summed E-state index contributed by atoms with van der Waals surface area (Å²) in [6.45, 7) is 0. The van der Waals surface area contributed by atoms with E-state index in [9.17, 15) is 22.4 Å². The number of benzene rings is 2. The average Bonchev–Trinajstić information content (AvgIpc) is 3.13. The maximum Gasteiger partial charge on any atom is 0.303 e. The molecule has 0 aromatic heterocycles. The lowest BCUT2D eigenvalue weighted by Crippen LogP contribution is -2.27. The van der Waals surface area contributed by atoms with Gasteiger partial charge in [-0.15, -0.1) is 0 Å². The minimum atomic E-state index is -3.40. The van der Waals surface area contributed by atoms with Gasteiger partial charge in [-0.05, 0) is 41.8 Å². The van der Waals surface area contributed by atoms with Crippen molar-refractivity contribution in [1.29, 1.82) is 0 Å². The largest absolute Gasteiger partial charge is 0.481 e. The Morgan fingerprint density at radius 3 is 2.35 bits per heavy atom. The highest BCUT2D eigenvalue weighted by atomic mass is 32.2. The van der Waals surface area contributed by atoms with Crippen LogP contribution < -0.4 is 4.72 Å². The van der Waals surface area contributed by atoms with Crippen molar-refractivity contribution in [3.05, 3.63) is 65.5 Å². The molecule has 0 saturated heterocycles. The van der Waals surface area contributed by atoms with Gasteiger partial charge < -0.3 is 5.11 Å². The molecule has 1 heterocycles. The monoisotopic (exact) mass is 447 g/mol. The molecule has 8 nitrogen and oxygen atoms in total. The van der Waals surface area contributed by atoms with Crippen LogP contribution in [-0.4, -0.2) is 42.4 Å². The van der Waals surface area contributed by atoms with Crippen LogP contribution in [0.15, 0.2) is 53.6 Å². The van der Waals surface area contributed by atoms with E-state index in [0.717, 1.165) is 6.26 Å². The van der Waals surface area contributed by atoms with Gasteiger partial charge in [-0.1, -0.05) is 24.3 Å². The zero-order valence-corrected chi connectivity index (χ0v) is 17.6. The van der Waals surface area contributed by atoms with Crippen LogP contribution >= 0.6 is 0 Å². The molecule has 10 heteroatoms. The van der Waals surface area contributed by atoms with Gasteiger partial charge in [0, 0.05) is 24.9 Å². The number of hydrazone groups is 1. The molecular formula is C21H22FN3O5S. The highest BCUT2D eigenvalue weighted by Gasteiger charge is 2.32. The van der Waals surface area contributed by atoms with Crippen molar-refractivity contribution in [1.82, 2.24) is 5.01 Å². The Balaban J connectivity index is 1.84. The highest BCUT2D eigenvalue weighted by molar-refractivity contribution is 7.92. The fourth-order valence-electron chi connectivity index (χ4n) is 3.31. The van der Waals surface area contributed by atoms with Crippen LogP contribution in [0.1, 0.15) is 42.9 Å². The molecule has 0 saturated carbocycles. The molecule has 1 aliphatic rings. The van der Waals surface area contributed by atoms with Crippen molar-refractivity contribution < 1.29 is 27.5 Å². The summed E-state index contributed by atoms with van der Waals surface area (Å²) in [6.07, 6.45) is 1.54. The number of halogens is 1. The summed E-state index contributed by atoms with van der Waals surface area (Å²) in [7, 11) is -3.40. The van der Waals surface area contributed by atoms with Crippen molar-refractivity contribution in [3.63, 3.8) is 0 Å². The molecule has 164 valence electrons. The van der Waals surface area contributed by atoms with Gasteiger partial charge in [0.15, 0.2) is 0 Å². The van der Waals surface area contributed by atoms with Gasteiger partial charge in [0.2, 0.25) is 15.9 Å². The summed E-state index contributed by atoms with van der Waals surface area (Å²) < 4.78 is 38.5. The Kier molecular flexibility index (Phi) is 6.69. The molecule has 1 unspecified atom stereocenters. The number of carboxylic acids is 1. The SMILES string of the molecule is CS(=O)(=O)Nc1ccc(C2=NN(C(=O)CCCC(=O)O)C(c3ccc(F)cc3)C2)cc1. The number of nitrogens with zero attached hydrogens (tertiary/aromatic N) is 2. The molecule has 0 radical (unpaired) electrons. The first-order valence-electron chi connectivity index (χ1n) is 9.57. The molecule has 31 heavy (non-hydrogen) atoms. The van der Waals surface area contributed by atoms with Crippen LogP contribution in [0.3, 0.4) is 0 Å². The van der Waals surface area contributed by atoms with Crippen molar-refractivity contribution in [3.8, 4) is 0 Å². The number of rotatable bonds is 8. The number of carbonyl (C=O) groups is 2. The maximum atomic E-state index is 13.4. The number of carboxylic acid groups (broad SMARTS) is 1. The Morgan fingerprint density at radius 1 is 1.13 bits per heavy atom. The number of sulfonamides is 1. The second kappa shape index (κ2) is 9.25. The molecule has 1 amide bonds. The van der Waals surface area contributed by atoms with Crippen LogP contribution in [0.25, 0.3) is 0 Å². The van der Waals surface area contributed by atoms with Crippen LogP contribution in [0.5, 0.6) is 0 Å². The van der Waals surface area contributed by atoms with Gasteiger partial charge in [-0.3, -0.25) is 14.3 Å². The summed E-state index contributed by atoms with van der Waals surface area (Å²) in [5.74, 6) is -1.69. The predicted octanol–water partition coefficient (Wildman–Crippen LogP) is 3.13. The number of hydrogen-bond acceptors (Lipinski definition) is 5. The second-order valence-electron chi connectivity index (χ2n) is 7.26. The molecule has 0 fully saturated rings. The molecule has 1 atom stereocenters. The number of aliphatic carboxylic acids is 1. The zero-order valence-electron chi connectivity index (χ0n) is 16.8. The van der Waals surface area contributed by atoms with Crippen LogP contribution in [0.2, 0.25) is 0 Å². The topological polar surface area (TPSA) is 116 Å². The van der Waals surface area contributed by atoms with Crippen molar-refractivity contribution in [2.24, 2.45) is 5.10 Å². The lowest BCUT2D eigenvalue weighted by atomic mass is 9.98. The molecule has 2 aromatic carbocycles. The third-order valence-electron chi connectivity index (χ3n) is 4.72. The Bertz CT molecular complexity index is 1100. The van der Waals surface area contributed by atoms with Gasteiger partial charge in [-0.25, -0.2) is 17.8 Å². The zero-order chi connectivity index (χ0) is 22.6. The molecule has 2 aromatic rings. The van der Waals surface area contributed by atoms with E-state index in [1.807, 2.05) is 0 Å². The quantitative estimate of drug-likeness (QED) is 0.645. The first-order valence-corrected chi connectivity index (χ1v) is 11.5. The number of carbonyl (C=O) groups excluding carboxylic acids is 1. The summed E-state index contributed by atoms with van der Waals surface area (Å²) in [5.41, 5.74) is 2.45.